The summed E-state index contributed by atoms with van der Waals surface area (Å²) in [6.07, 6.45) is 0.921. The van der Waals surface area contributed by atoms with Gasteiger partial charge in [0.25, 0.3) is 0 Å². The fourth-order valence-electron chi connectivity index (χ4n) is 1.12. The minimum atomic E-state index is -0.0918. The molecular weight excluding hydrogens is 176 g/mol. The Morgan fingerprint density at radius 3 is 2.57 bits per heavy atom. The van der Waals surface area contributed by atoms with E-state index in [1.54, 1.807) is 7.11 Å². The molecule has 2 heteroatoms. The van der Waals surface area contributed by atoms with Crippen LogP contribution in [0.2, 0.25) is 0 Å². The van der Waals surface area contributed by atoms with Crippen LogP contribution in [0.3, 0.4) is 0 Å². The summed E-state index contributed by atoms with van der Waals surface area (Å²) in [6, 6.07) is 7.96. The number of hydrogen-bond donors (Lipinski definition) is 1. The van der Waals surface area contributed by atoms with Crippen molar-refractivity contribution in [1.82, 2.24) is 0 Å². The highest BCUT2D eigenvalue weighted by Gasteiger charge is 1.92. The third-order valence-corrected chi connectivity index (χ3v) is 1.86. The van der Waals surface area contributed by atoms with Gasteiger partial charge in [0, 0.05) is 12.7 Å². The first-order chi connectivity index (χ1) is 6.86. The molecule has 0 unspecified atom stereocenters. The van der Waals surface area contributed by atoms with Gasteiger partial charge in [-0.2, -0.15) is 0 Å². The van der Waals surface area contributed by atoms with Gasteiger partial charge in [0.2, 0.25) is 0 Å². The average molecular weight is 190 g/mol. The first-order valence-corrected chi connectivity index (χ1v) is 4.54. The number of aliphatic hydroxyl groups excluding tert-OH is 1. The number of ether oxygens (including phenoxy) is 1. The van der Waals surface area contributed by atoms with Crippen LogP contribution >= 0.6 is 0 Å². The molecule has 1 aromatic rings. The lowest BCUT2D eigenvalue weighted by Crippen LogP contribution is -1.93. The summed E-state index contributed by atoms with van der Waals surface area (Å²) in [6.45, 7) is 0.646. The number of benzene rings is 1. The summed E-state index contributed by atoms with van der Waals surface area (Å²) in [7, 11) is 1.70. The van der Waals surface area contributed by atoms with Gasteiger partial charge in [-0.1, -0.05) is 24.0 Å². The SMILES string of the molecule is COCCc1ccc(C#CCO)cc1. The smallest absolute Gasteiger partial charge is 0.104 e. The van der Waals surface area contributed by atoms with Crippen LogP contribution in [0.5, 0.6) is 0 Å². The van der Waals surface area contributed by atoms with Crippen LogP contribution in [0.4, 0.5) is 0 Å². The van der Waals surface area contributed by atoms with Crippen molar-refractivity contribution in [2.45, 2.75) is 6.42 Å². The molecular formula is C12H14O2. The Morgan fingerprint density at radius 2 is 2.00 bits per heavy atom. The minimum absolute atomic E-state index is 0.0918. The van der Waals surface area contributed by atoms with Gasteiger partial charge in [-0.15, -0.1) is 0 Å². The standard InChI is InChI=1S/C12H14O2/c1-14-10-8-12-6-4-11(5-7-12)3-2-9-13/h4-7,13H,8-10H2,1H3. The molecule has 0 aliphatic carbocycles. The lowest BCUT2D eigenvalue weighted by atomic mass is 10.1. The largest absolute Gasteiger partial charge is 0.384 e. The highest BCUT2D eigenvalue weighted by molar-refractivity contribution is 5.36. The summed E-state index contributed by atoms with van der Waals surface area (Å²) in [5, 5.41) is 8.51. The van der Waals surface area contributed by atoms with E-state index in [0.29, 0.717) is 0 Å². The Labute approximate surface area is 84.5 Å². The molecule has 1 N–H and O–H groups in total. The molecule has 0 heterocycles. The Bertz CT molecular complexity index is 316. The predicted molar refractivity (Wildman–Crippen MR) is 56.0 cm³/mol. The zero-order valence-corrected chi connectivity index (χ0v) is 8.29. The van der Waals surface area contributed by atoms with Crippen molar-refractivity contribution in [2.24, 2.45) is 0 Å². The van der Waals surface area contributed by atoms with Crippen molar-refractivity contribution in [1.29, 1.82) is 0 Å². The summed E-state index contributed by atoms with van der Waals surface area (Å²) in [5.41, 5.74) is 2.17. The van der Waals surface area contributed by atoms with Crippen LogP contribution in [0.25, 0.3) is 0 Å². The van der Waals surface area contributed by atoms with Crippen LogP contribution < -0.4 is 0 Å². The van der Waals surface area contributed by atoms with Crippen LogP contribution in [0, 0.1) is 11.8 Å². The van der Waals surface area contributed by atoms with Crippen LogP contribution in [0.1, 0.15) is 11.1 Å². The summed E-state index contributed by atoms with van der Waals surface area (Å²) >= 11 is 0. The molecule has 0 spiro atoms. The third kappa shape index (κ3) is 3.61. The first kappa shape index (κ1) is 10.8. The molecule has 74 valence electrons. The lowest BCUT2D eigenvalue weighted by molar-refractivity contribution is 0.202. The van der Waals surface area contributed by atoms with E-state index in [-0.39, 0.29) is 6.61 Å². The number of hydrogen-bond acceptors (Lipinski definition) is 2. The molecule has 0 aliphatic heterocycles. The highest BCUT2D eigenvalue weighted by Crippen LogP contribution is 2.03. The van der Waals surface area contributed by atoms with Crippen LogP contribution in [0.15, 0.2) is 24.3 Å². The lowest BCUT2D eigenvalue weighted by Gasteiger charge is -1.99. The summed E-state index contributed by atoms with van der Waals surface area (Å²) < 4.78 is 4.98. The highest BCUT2D eigenvalue weighted by atomic mass is 16.5. The molecule has 0 aromatic heterocycles. The van der Waals surface area contributed by atoms with E-state index in [1.807, 2.05) is 24.3 Å². The summed E-state index contributed by atoms with van der Waals surface area (Å²) in [4.78, 5) is 0. The van der Waals surface area contributed by atoms with E-state index in [1.165, 1.54) is 5.56 Å². The van der Waals surface area contributed by atoms with Crippen molar-refractivity contribution >= 4 is 0 Å². The molecule has 0 amide bonds. The molecule has 0 atom stereocenters. The van der Waals surface area contributed by atoms with Crippen molar-refractivity contribution in [2.75, 3.05) is 20.3 Å². The molecule has 0 fully saturated rings. The van der Waals surface area contributed by atoms with Gasteiger partial charge < -0.3 is 9.84 Å². The third-order valence-electron chi connectivity index (χ3n) is 1.86. The Hall–Kier alpha value is -1.30. The molecule has 1 aromatic carbocycles. The second-order valence-electron chi connectivity index (χ2n) is 2.90. The average Bonchev–Trinajstić information content (AvgIpc) is 2.25. The Kier molecular flexibility index (Phi) is 4.77. The second-order valence-corrected chi connectivity index (χ2v) is 2.90. The van der Waals surface area contributed by atoms with E-state index >= 15 is 0 Å². The number of methoxy groups -OCH3 is 1. The van der Waals surface area contributed by atoms with Crippen molar-refractivity contribution < 1.29 is 9.84 Å². The quantitative estimate of drug-likeness (QED) is 0.726. The molecule has 0 saturated carbocycles. The first-order valence-electron chi connectivity index (χ1n) is 4.54. The van der Waals surface area contributed by atoms with Gasteiger partial charge in [0.05, 0.1) is 6.61 Å². The van der Waals surface area contributed by atoms with E-state index in [2.05, 4.69) is 11.8 Å². The fraction of sp³-hybridized carbons (Fsp3) is 0.333. The van der Waals surface area contributed by atoms with Crippen molar-refractivity contribution in [3.8, 4) is 11.8 Å². The zero-order valence-electron chi connectivity index (χ0n) is 8.29. The van der Waals surface area contributed by atoms with E-state index in [4.69, 9.17) is 9.84 Å². The fourth-order valence-corrected chi connectivity index (χ4v) is 1.12. The van der Waals surface area contributed by atoms with Gasteiger partial charge in [-0.3, -0.25) is 0 Å². The number of rotatable bonds is 3. The topological polar surface area (TPSA) is 29.5 Å². The van der Waals surface area contributed by atoms with Crippen LogP contribution in [-0.4, -0.2) is 25.4 Å². The maximum Gasteiger partial charge on any atom is 0.104 e. The Morgan fingerprint density at radius 1 is 1.29 bits per heavy atom. The number of aliphatic hydroxyl groups is 1. The maximum absolute atomic E-state index is 8.51. The second kappa shape index (κ2) is 6.20. The van der Waals surface area contributed by atoms with E-state index in [9.17, 15) is 0 Å². The molecule has 0 bridgehead atoms. The van der Waals surface area contributed by atoms with Gasteiger partial charge in [-0.25, -0.2) is 0 Å². The van der Waals surface area contributed by atoms with E-state index < -0.39 is 0 Å². The molecule has 0 radical (unpaired) electrons. The van der Waals surface area contributed by atoms with Gasteiger partial charge in [0.1, 0.15) is 6.61 Å². The molecule has 0 aliphatic rings. The van der Waals surface area contributed by atoms with Gasteiger partial charge >= 0.3 is 0 Å². The van der Waals surface area contributed by atoms with Crippen molar-refractivity contribution in [3.05, 3.63) is 35.4 Å². The van der Waals surface area contributed by atoms with Crippen molar-refractivity contribution in [3.63, 3.8) is 0 Å². The van der Waals surface area contributed by atoms with Crippen LogP contribution in [-0.2, 0) is 11.2 Å². The van der Waals surface area contributed by atoms with Gasteiger partial charge in [-0.05, 0) is 24.1 Å². The monoisotopic (exact) mass is 190 g/mol. The molecule has 0 saturated heterocycles. The molecule has 2 nitrogen and oxygen atoms in total. The van der Waals surface area contributed by atoms with E-state index in [0.717, 1.165) is 18.6 Å². The normalized spacial score (nSPS) is 9.29. The Balaban J connectivity index is 2.59. The molecule has 1 rings (SSSR count). The van der Waals surface area contributed by atoms with Gasteiger partial charge in [0.15, 0.2) is 0 Å². The molecule has 14 heavy (non-hydrogen) atoms. The minimum Gasteiger partial charge on any atom is -0.384 e. The zero-order chi connectivity index (χ0) is 10.2. The maximum atomic E-state index is 8.51. The summed E-state index contributed by atoms with van der Waals surface area (Å²) in [5.74, 6) is 5.45. The predicted octanol–water partition coefficient (Wildman–Crippen LogP) is 1.22.